The van der Waals surface area contributed by atoms with E-state index in [2.05, 4.69) is 15.9 Å². The van der Waals surface area contributed by atoms with Gasteiger partial charge in [0.1, 0.15) is 12.3 Å². The average Bonchev–Trinajstić information content (AvgIpc) is 3.17. The Labute approximate surface area is 170 Å². The molecule has 3 rings (SSSR count). The van der Waals surface area contributed by atoms with Crippen LogP contribution in [0.2, 0.25) is 0 Å². The van der Waals surface area contributed by atoms with Crippen molar-refractivity contribution in [1.29, 1.82) is 0 Å². The first-order valence-corrected chi connectivity index (χ1v) is 10.3. The molecule has 0 bridgehead atoms. The van der Waals surface area contributed by atoms with Gasteiger partial charge in [-0.25, -0.2) is 0 Å². The number of hydrogen-bond acceptors (Lipinski definition) is 5. The summed E-state index contributed by atoms with van der Waals surface area (Å²) in [5.74, 6) is -0.665. The second-order valence-corrected chi connectivity index (χ2v) is 8.75. The topological polar surface area (TPSA) is 77.9 Å². The van der Waals surface area contributed by atoms with Crippen LogP contribution in [0, 0.1) is 3.57 Å². The molecule has 3 amide bonds. The lowest BCUT2D eigenvalue weighted by molar-refractivity contribution is -0.135. The summed E-state index contributed by atoms with van der Waals surface area (Å²) in [6.45, 7) is 1.12. The first-order chi connectivity index (χ1) is 11.9. The van der Waals surface area contributed by atoms with E-state index in [4.69, 9.17) is 0 Å². The normalized spacial score (nSPS) is 19.4. The van der Waals surface area contributed by atoms with Crippen molar-refractivity contribution in [2.45, 2.75) is 12.8 Å². The number of phenols is 1. The third-order valence-electron chi connectivity index (χ3n) is 3.97. The van der Waals surface area contributed by atoms with Gasteiger partial charge in [0.05, 0.1) is 8.48 Å². The Hall–Kier alpha value is -1.07. The zero-order valence-corrected chi connectivity index (χ0v) is 17.6. The smallest absolute Gasteiger partial charge is 0.294 e. The highest BCUT2D eigenvalue weighted by molar-refractivity contribution is 14.1. The van der Waals surface area contributed by atoms with Gasteiger partial charge in [-0.1, -0.05) is 15.9 Å². The van der Waals surface area contributed by atoms with Gasteiger partial charge in [0.15, 0.2) is 0 Å². The summed E-state index contributed by atoms with van der Waals surface area (Å²) < 4.78 is 1.38. The third-order valence-corrected chi connectivity index (χ3v) is 6.16. The van der Waals surface area contributed by atoms with E-state index >= 15 is 0 Å². The Kier molecular flexibility index (Phi) is 5.74. The molecule has 0 aromatic heterocycles. The number of phenolic OH excluding ortho intramolecular Hbond substituents is 1. The molecular weight excluding hydrogens is 523 g/mol. The van der Waals surface area contributed by atoms with Crippen LogP contribution in [0.15, 0.2) is 21.5 Å². The highest BCUT2D eigenvalue weighted by Crippen LogP contribution is 2.36. The van der Waals surface area contributed by atoms with Crippen LogP contribution >= 0.6 is 50.3 Å². The van der Waals surface area contributed by atoms with Gasteiger partial charge in [0.25, 0.3) is 11.1 Å². The number of aromatic hydroxyl groups is 1. The number of amides is 3. The Balaban J connectivity index is 1.80. The van der Waals surface area contributed by atoms with E-state index in [1.807, 2.05) is 22.6 Å². The van der Waals surface area contributed by atoms with Crippen LogP contribution in [-0.2, 0) is 9.59 Å². The fourth-order valence-electron chi connectivity index (χ4n) is 2.68. The Bertz CT molecular complexity index is 793. The molecule has 1 aromatic rings. The standard InChI is InChI=1S/C16H14BrIN2O4S/c17-10-5-9(14(22)11(18)7-10)6-12-15(23)20(16(24)25-12)8-13(21)19-3-1-2-4-19/h5-7,22H,1-4,8H2/b12-6-. The minimum absolute atomic E-state index is 0.0451. The van der Waals surface area contributed by atoms with E-state index in [9.17, 15) is 19.5 Å². The molecule has 0 aliphatic carbocycles. The Morgan fingerprint density at radius 3 is 2.68 bits per heavy atom. The van der Waals surface area contributed by atoms with Crippen LogP contribution in [-0.4, -0.2) is 51.6 Å². The number of carbonyl (C=O) groups is 3. The fraction of sp³-hybridized carbons (Fsp3) is 0.312. The first-order valence-electron chi connectivity index (χ1n) is 7.58. The van der Waals surface area contributed by atoms with E-state index in [1.54, 1.807) is 17.0 Å². The number of nitrogens with zero attached hydrogens (tertiary/aromatic N) is 2. The van der Waals surface area contributed by atoms with Gasteiger partial charge in [-0.3, -0.25) is 19.3 Å². The highest BCUT2D eigenvalue weighted by Gasteiger charge is 2.37. The summed E-state index contributed by atoms with van der Waals surface area (Å²) >= 11 is 6.11. The van der Waals surface area contributed by atoms with E-state index < -0.39 is 11.1 Å². The van der Waals surface area contributed by atoms with Crippen LogP contribution < -0.4 is 0 Å². The number of halogens is 2. The number of hydrogen-bond donors (Lipinski definition) is 1. The molecule has 9 heteroatoms. The van der Waals surface area contributed by atoms with Gasteiger partial charge < -0.3 is 10.0 Å². The molecule has 6 nitrogen and oxygen atoms in total. The van der Waals surface area contributed by atoms with Crippen molar-refractivity contribution >= 4 is 73.4 Å². The number of carbonyl (C=O) groups excluding carboxylic acids is 3. The van der Waals surface area contributed by atoms with Gasteiger partial charge in [-0.15, -0.1) is 0 Å². The van der Waals surface area contributed by atoms with Crippen LogP contribution in [0.1, 0.15) is 18.4 Å². The summed E-state index contributed by atoms with van der Waals surface area (Å²) in [4.78, 5) is 39.7. The Morgan fingerprint density at radius 1 is 1.32 bits per heavy atom. The van der Waals surface area contributed by atoms with Crippen molar-refractivity contribution in [2.24, 2.45) is 0 Å². The van der Waals surface area contributed by atoms with Crippen LogP contribution in [0.5, 0.6) is 5.75 Å². The average molecular weight is 537 g/mol. The molecule has 25 heavy (non-hydrogen) atoms. The van der Waals surface area contributed by atoms with E-state index in [-0.39, 0.29) is 23.1 Å². The van der Waals surface area contributed by atoms with Crippen molar-refractivity contribution < 1.29 is 19.5 Å². The summed E-state index contributed by atoms with van der Waals surface area (Å²) in [6, 6.07) is 3.41. The summed E-state index contributed by atoms with van der Waals surface area (Å²) in [6.07, 6.45) is 3.39. The van der Waals surface area contributed by atoms with Gasteiger partial charge in [0.2, 0.25) is 5.91 Å². The van der Waals surface area contributed by atoms with Crippen LogP contribution in [0.25, 0.3) is 6.08 Å². The maximum absolute atomic E-state index is 12.5. The zero-order valence-electron chi connectivity index (χ0n) is 13.0. The molecular formula is C16H14BrIN2O4S. The number of likely N-dealkylation sites (tertiary alicyclic amines) is 1. The minimum Gasteiger partial charge on any atom is -0.506 e. The monoisotopic (exact) mass is 536 g/mol. The molecule has 0 unspecified atom stereocenters. The number of benzene rings is 1. The SMILES string of the molecule is O=C(CN1C(=O)S/C(=C\c2cc(Br)cc(I)c2O)C1=O)N1CCCC1. The van der Waals surface area contributed by atoms with E-state index in [0.29, 0.717) is 22.2 Å². The summed E-state index contributed by atoms with van der Waals surface area (Å²) in [7, 11) is 0. The molecule has 2 fully saturated rings. The van der Waals surface area contributed by atoms with Crippen molar-refractivity contribution in [3.8, 4) is 5.75 Å². The quantitative estimate of drug-likeness (QED) is 0.473. The predicted molar refractivity (Wildman–Crippen MR) is 107 cm³/mol. The maximum Gasteiger partial charge on any atom is 0.294 e. The molecule has 2 saturated heterocycles. The maximum atomic E-state index is 12.5. The van der Waals surface area contributed by atoms with Gasteiger partial charge in [-0.05, 0) is 65.4 Å². The molecule has 0 spiro atoms. The molecule has 1 N–H and O–H groups in total. The van der Waals surface area contributed by atoms with Gasteiger partial charge in [-0.2, -0.15) is 0 Å². The molecule has 1 aromatic carbocycles. The summed E-state index contributed by atoms with van der Waals surface area (Å²) in [5.41, 5.74) is 0.440. The lowest BCUT2D eigenvalue weighted by Crippen LogP contribution is -2.40. The number of imide groups is 1. The number of thioether (sulfide) groups is 1. The molecule has 2 aliphatic rings. The number of rotatable bonds is 3. The lowest BCUT2D eigenvalue weighted by atomic mass is 10.2. The minimum atomic E-state index is -0.503. The second kappa shape index (κ2) is 7.67. The van der Waals surface area contributed by atoms with E-state index in [0.717, 1.165) is 34.0 Å². The lowest BCUT2D eigenvalue weighted by Gasteiger charge is -2.18. The first kappa shape index (κ1) is 18.7. The fourth-order valence-corrected chi connectivity index (χ4v) is 5.05. The second-order valence-electron chi connectivity index (χ2n) is 5.68. The largest absolute Gasteiger partial charge is 0.506 e. The molecule has 2 heterocycles. The molecule has 0 atom stereocenters. The predicted octanol–water partition coefficient (Wildman–Crippen LogP) is 3.42. The van der Waals surface area contributed by atoms with Crippen molar-refractivity contribution in [1.82, 2.24) is 9.80 Å². The van der Waals surface area contributed by atoms with Crippen molar-refractivity contribution in [3.05, 3.63) is 30.6 Å². The van der Waals surface area contributed by atoms with Gasteiger partial charge >= 0.3 is 0 Å². The molecule has 0 saturated carbocycles. The van der Waals surface area contributed by atoms with Crippen LogP contribution in [0.3, 0.4) is 0 Å². The zero-order chi connectivity index (χ0) is 18.1. The third kappa shape index (κ3) is 4.03. The van der Waals surface area contributed by atoms with Gasteiger partial charge in [0, 0.05) is 23.1 Å². The van der Waals surface area contributed by atoms with Crippen molar-refractivity contribution in [3.63, 3.8) is 0 Å². The van der Waals surface area contributed by atoms with E-state index in [1.165, 1.54) is 6.08 Å². The molecule has 0 radical (unpaired) electrons. The molecule has 2 aliphatic heterocycles. The van der Waals surface area contributed by atoms with Crippen molar-refractivity contribution in [2.75, 3.05) is 19.6 Å². The molecule has 132 valence electrons. The summed E-state index contributed by atoms with van der Waals surface area (Å²) in [5, 5.41) is 9.67. The highest BCUT2D eigenvalue weighted by atomic mass is 127. The van der Waals surface area contributed by atoms with Crippen LogP contribution in [0.4, 0.5) is 4.79 Å². The Morgan fingerprint density at radius 2 is 2.00 bits per heavy atom.